The summed E-state index contributed by atoms with van der Waals surface area (Å²) < 4.78 is 0. The van der Waals surface area contributed by atoms with Crippen LogP contribution in [0.4, 0.5) is 5.69 Å². The molecule has 2 aliphatic rings. The molecule has 4 heteroatoms. The number of amides is 1. The maximum atomic E-state index is 12.9. The molecule has 0 unspecified atom stereocenters. The van der Waals surface area contributed by atoms with Crippen LogP contribution >= 0.6 is 0 Å². The lowest BCUT2D eigenvalue weighted by molar-refractivity contribution is 0.0554. The van der Waals surface area contributed by atoms with E-state index in [4.69, 9.17) is 0 Å². The van der Waals surface area contributed by atoms with E-state index in [1.807, 2.05) is 32.2 Å². The topological polar surface area (TPSA) is 44.4 Å². The van der Waals surface area contributed by atoms with Crippen molar-refractivity contribution in [3.05, 3.63) is 29.3 Å². The van der Waals surface area contributed by atoms with Crippen molar-refractivity contribution in [2.24, 2.45) is 5.41 Å². The van der Waals surface area contributed by atoms with Gasteiger partial charge in [-0.05, 0) is 44.9 Å². The molecule has 21 heavy (non-hydrogen) atoms. The highest BCUT2D eigenvalue weighted by atomic mass is 16.2. The van der Waals surface area contributed by atoms with Gasteiger partial charge in [0.25, 0.3) is 5.91 Å². The Labute approximate surface area is 126 Å². The van der Waals surface area contributed by atoms with Crippen LogP contribution in [0, 0.1) is 12.3 Å². The van der Waals surface area contributed by atoms with E-state index < -0.39 is 0 Å². The van der Waals surface area contributed by atoms with E-state index in [1.54, 1.807) is 0 Å². The third kappa shape index (κ3) is 2.77. The molecule has 114 valence electrons. The molecule has 2 saturated heterocycles. The van der Waals surface area contributed by atoms with Crippen LogP contribution in [0.25, 0.3) is 0 Å². The molecule has 1 atom stereocenters. The highest BCUT2D eigenvalue weighted by molar-refractivity contribution is 5.99. The summed E-state index contributed by atoms with van der Waals surface area (Å²) in [6.07, 6.45) is 3.56. The van der Waals surface area contributed by atoms with Gasteiger partial charge in [-0.15, -0.1) is 0 Å². The Bertz CT molecular complexity index is 535. The minimum atomic E-state index is 0.175. The molecular formula is C17H25N3O. The number of hydrogen-bond acceptors (Lipinski definition) is 3. The molecule has 1 aromatic rings. The fourth-order valence-corrected chi connectivity index (χ4v) is 3.75. The Hall–Kier alpha value is -1.55. The SMILES string of the molecule is CNc1ccc(C)cc1C(=O)N1CCC[C@]2(CCNC2)C1. The summed E-state index contributed by atoms with van der Waals surface area (Å²) in [5.74, 6) is 0.175. The smallest absolute Gasteiger partial charge is 0.255 e. The number of nitrogens with zero attached hydrogens (tertiary/aromatic N) is 1. The normalized spacial score (nSPS) is 25.3. The minimum Gasteiger partial charge on any atom is -0.387 e. The highest BCUT2D eigenvalue weighted by Gasteiger charge is 2.39. The van der Waals surface area contributed by atoms with Crippen molar-refractivity contribution in [3.63, 3.8) is 0 Å². The van der Waals surface area contributed by atoms with E-state index in [1.165, 1.54) is 12.8 Å². The average Bonchev–Trinajstić information content (AvgIpc) is 2.94. The predicted molar refractivity (Wildman–Crippen MR) is 85.8 cm³/mol. The Morgan fingerprint density at radius 3 is 2.95 bits per heavy atom. The minimum absolute atomic E-state index is 0.175. The number of benzene rings is 1. The molecule has 2 N–H and O–H groups in total. The van der Waals surface area contributed by atoms with Gasteiger partial charge in [0.2, 0.25) is 0 Å². The van der Waals surface area contributed by atoms with Crippen molar-refractivity contribution in [1.29, 1.82) is 0 Å². The van der Waals surface area contributed by atoms with E-state index >= 15 is 0 Å². The number of aryl methyl sites for hydroxylation is 1. The average molecular weight is 287 g/mol. The first kappa shape index (κ1) is 14.4. The zero-order valence-corrected chi connectivity index (χ0v) is 13.0. The Morgan fingerprint density at radius 1 is 1.38 bits per heavy atom. The van der Waals surface area contributed by atoms with Crippen LogP contribution in [0.2, 0.25) is 0 Å². The third-order valence-corrected chi connectivity index (χ3v) is 4.96. The molecule has 4 nitrogen and oxygen atoms in total. The molecule has 0 saturated carbocycles. The number of nitrogens with one attached hydrogen (secondary N) is 2. The van der Waals surface area contributed by atoms with E-state index in [9.17, 15) is 4.79 Å². The first-order valence-corrected chi connectivity index (χ1v) is 7.92. The molecule has 2 fully saturated rings. The van der Waals surface area contributed by atoms with E-state index in [0.29, 0.717) is 5.41 Å². The van der Waals surface area contributed by atoms with Crippen molar-refractivity contribution >= 4 is 11.6 Å². The molecule has 0 aromatic heterocycles. The number of piperidine rings is 1. The van der Waals surface area contributed by atoms with Gasteiger partial charge in [-0.2, -0.15) is 0 Å². The number of likely N-dealkylation sites (tertiary alicyclic amines) is 1. The molecule has 1 amide bonds. The van der Waals surface area contributed by atoms with Crippen LogP contribution < -0.4 is 10.6 Å². The van der Waals surface area contributed by atoms with Crippen LogP contribution in [0.3, 0.4) is 0 Å². The highest BCUT2D eigenvalue weighted by Crippen LogP contribution is 2.36. The van der Waals surface area contributed by atoms with Crippen LogP contribution in [-0.4, -0.2) is 44.0 Å². The van der Waals surface area contributed by atoms with E-state index in [0.717, 1.165) is 49.4 Å². The number of rotatable bonds is 2. The van der Waals surface area contributed by atoms with Gasteiger partial charge in [-0.3, -0.25) is 4.79 Å². The van der Waals surface area contributed by atoms with Crippen LogP contribution in [0.5, 0.6) is 0 Å². The van der Waals surface area contributed by atoms with Crippen molar-refractivity contribution in [2.45, 2.75) is 26.2 Å². The van der Waals surface area contributed by atoms with Gasteiger partial charge in [0.05, 0.1) is 5.56 Å². The Morgan fingerprint density at radius 2 is 2.24 bits per heavy atom. The number of anilines is 1. The Balaban J connectivity index is 1.83. The summed E-state index contributed by atoms with van der Waals surface area (Å²) >= 11 is 0. The summed E-state index contributed by atoms with van der Waals surface area (Å²) in [7, 11) is 1.88. The third-order valence-electron chi connectivity index (χ3n) is 4.96. The van der Waals surface area contributed by atoms with Crippen LogP contribution in [0.1, 0.15) is 35.2 Å². The lowest BCUT2D eigenvalue weighted by Crippen LogP contribution is -2.47. The molecule has 2 aliphatic heterocycles. The number of carbonyl (C=O) groups is 1. The summed E-state index contributed by atoms with van der Waals surface area (Å²) in [4.78, 5) is 15.0. The van der Waals surface area contributed by atoms with Crippen molar-refractivity contribution in [3.8, 4) is 0 Å². The number of carbonyl (C=O) groups excluding carboxylic acids is 1. The quantitative estimate of drug-likeness (QED) is 0.877. The van der Waals surface area contributed by atoms with Crippen LogP contribution in [0.15, 0.2) is 18.2 Å². The Kier molecular flexibility index (Phi) is 3.89. The van der Waals surface area contributed by atoms with E-state index in [-0.39, 0.29) is 5.91 Å². The fourth-order valence-electron chi connectivity index (χ4n) is 3.75. The second-order valence-electron chi connectivity index (χ2n) is 6.56. The van der Waals surface area contributed by atoms with Crippen molar-refractivity contribution in [2.75, 3.05) is 38.5 Å². The molecule has 1 aromatic carbocycles. The standard InChI is InChI=1S/C17H25N3O/c1-13-4-5-15(18-2)14(10-13)16(21)20-9-3-6-17(12-20)7-8-19-11-17/h4-5,10,18-19H,3,6-9,11-12H2,1-2H3/t17-/m1/s1. The largest absolute Gasteiger partial charge is 0.387 e. The second kappa shape index (κ2) is 5.68. The second-order valence-corrected chi connectivity index (χ2v) is 6.56. The maximum absolute atomic E-state index is 12.9. The van der Waals surface area contributed by atoms with Gasteiger partial charge in [0, 0.05) is 37.8 Å². The van der Waals surface area contributed by atoms with E-state index in [2.05, 4.69) is 15.5 Å². The van der Waals surface area contributed by atoms with Gasteiger partial charge in [0.1, 0.15) is 0 Å². The monoisotopic (exact) mass is 287 g/mol. The lowest BCUT2D eigenvalue weighted by Gasteiger charge is -2.40. The zero-order valence-electron chi connectivity index (χ0n) is 13.0. The molecule has 0 radical (unpaired) electrons. The zero-order chi connectivity index (χ0) is 14.9. The molecular weight excluding hydrogens is 262 g/mol. The summed E-state index contributed by atoms with van der Waals surface area (Å²) in [6, 6.07) is 6.04. The van der Waals surface area contributed by atoms with Gasteiger partial charge in [-0.25, -0.2) is 0 Å². The maximum Gasteiger partial charge on any atom is 0.255 e. The molecule has 3 rings (SSSR count). The number of hydrogen-bond donors (Lipinski definition) is 2. The van der Waals surface area contributed by atoms with Gasteiger partial charge < -0.3 is 15.5 Å². The van der Waals surface area contributed by atoms with Gasteiger partial charge >= 0.3 is 0 Å². The fraction of sp³-hybridized carbons (Fsp3) is 0.588. The first-order valence-electron chi connectivity index (χ1n) is 7.92. The molecule has 1 spiro atoms. The van der Waals surface area contributed by atoms with Crippen molar-refractivity contribution < 1.29 is 4.79 Å². The first-order chi connectivity index (χ1) is 10.1. The van der Waals surface area contributed by atoms with Gasteiger partial charge in [0.15, 0.2) is 0 Å². The molecule has 2 heterocycles. The predicted octanol–water partition coefficient (Wildman–Crippen LogP) is 2.25. The molecule has 0 bridgehead atoms. The lowest BCUT2D eigenvalue weighted by atomic mass is 9.79. The van der Waals surface area contributed by atoms with Gasteiger partial charge in [-0.1, -0.05) is 11.6 Å². The van der Waals surface area contributed by atoms with Crippen LogP contribution in [-0.2, 0) is 0 Å². The summed E-state index contributed by atoms with van der Waals surface area (Å²) in [5.41, 5.74) is 3.18. The van der Waals surface area contributed by atoms with Crippen molar-refractivity contribution in [1.82, 2.24) is 10.2 Å². The molecule has 0 aliphatic carbocycles. The summed E-state index contributed by atoms with van der Waals surface area (Å²) in [5, 5.41) is 6.61. The summed E-state index contributed by atoms with van der Waals surface area (Å²) in [6.45, 7) is 5.97.